The zero-order valence-corrected chi connectivity index (χ0v) is 14.3. The fraction of sp³-hybridized carbons (Fsp3) is 0.333. The highest BCUT2D eigenvalue weighted by molar-refractivity contribution is 9.10. The van der Waals surface area contributed by atoms with Crippen LogP contribution in [-0.2, 0) is 12.8 Å². The van der Waals surface area contributed by atoms with Gasteiger partial charge in [-0.25, -0.2) is 0 Å². The summed E-state index contributed by atoms with van der Waals surface area (Å²) in [4.78, 5) is 1.43. The van der Waals surface area contributed by atoms with Crippen LogP contribution >= 0.6 is 38.9 Å². The van der Waals surface area contributed by atoms with Crippen LogP contribution in [0.2, 0.25) is 5.02 Å². The van der Waals surface area contributed by atoms with Crippen LogP contribution in [0, 0.1) is 0 Å². The molecule has 2 rings (SSSR count). The monoisotopic (exact) mass is 372 g/mol. The molecule has 0 saturated heterocycles. The molecule has 0 aliphatic rings. The number of aryl methyl sites for hydroxylation is 1. The van der Waals surface area contributed by atoms with Gasteiger partial charge in [-0.15, -0.1) is 11.3 Å². The van der Waals surface area contributed by atoms with Gasteiger partial charge in [0.05, 0.1) is 0 Å². The largest absolute Gasteiger partial charge is 0.271 e. The highest BCUT2D eigenvalue weighted by Crippen LogP contribution is 2.23. The topological polar surface area (TPSA) is 38.0 Å². The Morgan fingerprint density at radius 2 is 2.20 bits per heavy atom. The number of hydrazine groups is 1. The Balaban J connectivity index is 1.85. The van der Waals surface area contributed by atoms with Gasteiger partial charge >= 0.3 is 0 Å². The molecule has 1 unspecified atom stereocenters. The molecule has 1 atom stereocenters. The molecule has 108 valence electrons. The van der Waals surface area contributed by atoms with E-state index in [1.54, 1.807) is 0 Å². The van der Waals surface area contributed by atoms with Crippen molar-refractivity contribution in [1.29, 1.82) is 0 Å². The summed E-state index contributed by atoms with van der Waals surface area (Å²) in [6.07, 6.45) is 4.14. The molecule has 0 aliphatic carbocycles. The van der Waals surface area contributed by atoms with E-state index in [2.05, 4.69) is 44.9 Å². The minimum atomic E-state index is 0.258. The number of halogens is 2. The third kappa shape index (κ3) is 4.86. The van der Waals surface area contributed by atoms with E-state index in [-0.39, 0.29) is 6.04 Å². The van der Waals surface area contributed by atoms with E-state index < -0.39 is 0 Å². The number of rotatable bonds is 7. The van der Waals surface area contributed by atoms with Crippen molar-refractivity contribution in [3.05, 3.63) is 55.6 Å². The summed E-state index contributed by atoms with van der Waals surface area (Å²) in [7, 11) is 0. The molecule has 0 amide bonds. The molecule has 2 nitrogen and oxygen atoms in total. The fourth-order valence-electron chi connectivity index (χ4n) is 2.17. The quantitative estimate of drug-likeness (QED) is 0.551. The number of hydrogen-bond acceptors (Lipinski definition) is 3. The zero-order chi connectivity index (χ0) is 14.4. The molecule has 0 fully saturated rings. The maximum absolute atomic E-state index is 6.25. The lowest BCUT2D eigenvalue weighted by Gasteiger charge is -2.16. The SMILES string of the molecule is NNC(CCCc1cccs1)Cc1ccc(Br)cc1Cl. The van der Waals surface area contributed by atoms with Crippen LogP contribution in [0.5, 0.6) is 0 Å². The Bertz CT molecular complexity index is 531. The molecule has 0 radical (unpaired) electrons. The van der Waals surface area contributed by atoms with Crippen LogP contribution in [0.4, 0.5) is 0 Å². The number of nitrogens with one attached hydrogen (secondary N) is 1. The summed E-state index contributed by atoms with van der Waals surface area (Å²) in [5.41, 5.74) is 4.04. The number of benzene rings is 1. The summed E-state index contributed by atoms with van der Waals surface area (Å²) in [6, 6.07) is 10.5. The molecular formula is C15H18BrClN2S. The van der Waals surface area contributed by atoms with E-state index in [1.165, 1.54) is 4.88 Å². The Hall–Kier alpha value is -0.390. The lowest BCUT2D eigenvalue weighted by molar-refractivity contribution is 0.477. The third-order valence-corrected chi connectivity index (χ3v) is 5.05. The normalized spacial score (nSPS) is 12.6. The first-order valence-corrected chi connectivity index (χ1v) is 8.66. The van der Waals surface area contributed by atoms with Crippen LogP contribution < -0.4 is 11.3 Å². The van der Waals surface area contributed by atoms with Crippen LogP contribution in [0.1, 0.15) is 23.3 Å². The van der Waals surface area contributed by atoms with Gasteiger partial charge in [-0.2, -0.15) is 0 Å². The van der Waals surface area contributed by atoms with Crippen LogP contribution in [0.25, 0.3) is 0 Å². The summed E-state index contributed by atoms with van der Waals surface area (Å²) >= 11 is 11.5. The highest BCUT2D eigenvalue weighted by atomic mass is 79.9. The Morgan fingerprint density at radius 3 is 2.85 bits per heavy atom. The molecule has 20 heavy (non-hydrogen) atoms. The van der Waals surface area contributed by atoms with Gasteiger partial charge in [-0.1, -0.05) is 39.7 Å². The number of thiophene rings is 1. The summed E-state index contributed by atoms with van der Waals surface area (Å²) < 4.78 is 1.00. The average molecular weight is 374 g/mol. The first-order chi connectivity index (χ1) is 9.69. The predicted octanol–water partition coefficient (Wildman–Crippen LogP) is 4.56. The van der Waals surface area contributed by atoms with Crippen LogP contribution in [0.15, 0.2) is 40.2 Å². The van der Waals surface area contributed by atoms with Gasteiger partial charge in [-0.3, -0.25) is 11.3 Å². The molecule has 0 bridgehead atoms. The van der Waals surface area contributed by atoms with Crippen molar-refractivity contribution in [3.63, 3.8) is 0 Å². The fourth-order valence-corrected chi connectivity index (χ4v) is 3.68. The van der Waals surface area contributed by atoms with Crippen molar-refractivity contribution in [2.75, 3.05) is 0 Å². The lowest BCUT2D eigenvalue weighted by Crippen LogP contribution is -2.36. The minimum absolute atomic E-state index is 0.258. The van der Waals surface area contributed by atoms with Gasteiger partial charge in [-0.05, 0) is 54.8 Å². The molecule has 0 spiro atoms. The molecule has 5 heteroatoms. The maximum Gasteiger partial charge on any atom is 0.0449 e. The molecule has 2 aromatic rings. The first-order valence-electron chi connectivity index (χ1n) is 6.61. The molecule has 1 aromatic carbocycles. The van der Waals surface area contributed by atoms with E-state index in [0.29, 0.717) is 0 Å². The van der Waals surface area contributed by atoms with Crippen molar-refractivity contribution in [3.8, 4) is 0 Å². The lowest BCUT2D eigenvalue weighted by atomic mass is 10.0. The second-order valence-electron chi connectivity index (χ2n) is 4.78. The third-order valence-electron chi connectivity index (χ3n) is 3.27. The Labute approximate surface area is 137 Å². The van der Waals surface area contributed by atoms with Gasteiger partial charge in [0.25, 0.3) is 0 Å². The smallest absolute Gasteiger partial charge is 0.0449 e. The highest BCUT2D eigenvalue weighted by Gasteiger charge is 2.10. The van der Waals surface area contributed by atoms with Crippen molar-refractivity contribution < 1.29 is 0 Å². The van der Waals surface area contributed by atoms with E-state index in [9.17, 15) is 0 Å². The molecule has 0 saturated carbocycles. The molecule has 3 N–H and O–H groups in total. The van der Waals surface area contributed by atoms with E-state index >= 15 is 0 Å². The number of hydrogen-bond donors (Lipinski definition) is 2. The van der Waals surface area contributed by atoms with Gasteiger partial charge in [0.1, 0.15) is 0 Å². The molecule has 0 aliphatic heterocycles. The van der Waals surface area contributed by atoms with Crippen molar-refractivity contribution in [2.45, 2.75) is 31.7 Å². The second-order valence-corrected chi connectivity index (χ2v) is 7.13. The number of nitrogens with two attached hydrogens (primary N) is 1. The van der Waals surface area contributed by atoms with E-state index in [0.717, 1.165) is 40.7 Å². The molecule has 1 aromatic heterocycles. The first kappa shape index (κ1) is 16.0. The standard InChI is InChI=1S/C15H18BrClN2S/c16-12-7-6-11(15(17)10-12)9-13(19-18)3-1-4-14-5-2-8-20-14/h2,5-8,10,13,19H,1,3-4,9,18H2. The minimum Gasteiger partial charge on any atom is -0.271 e. The Morgan fingerprint density at radius 1 is 1.35 bits per heavy atom. The summed E-state index contributed by atoms with van der Waals surface area (Å²) in [6.45, 7) is 0. The zero-order valence-electron chi connectivity index (χ0n) is 11.1. The van der Waals surface area contributed by atoms with Gasteiger partial charge in [0.15, 0.2) is 0 Å². The van der Waals surface area contributed by atoms with Crippen LogP contribution in [0.3, 0.4) is 0 Å². The summed E-state index contributed by atoms with van der Waals surface area (Å²) in [5, 5.41) is 2.91. The second kappa shape index (κ2) is 8.15. The van der Waals surface area contributed by atoms with Crippen LogP contribution in [-0.4, -0.2) is 6.04 Å². The van der Waals surface area contributed by atoms with Crippen molar-refractivity contribution >= 4 is 38.9 Å². The molecular weight excluding hydrogens is 356 g/mol. The van der Waals surface area contributed by atoms with Gasteiger partial charge in [0, 0.05) is 20.4 Å². The predicted molar refractivity (Wildman–Crippen MR) is 91.2 cm³/mol. The van der Waals surface area contributed by atoms with Crippen molar-refractivity contribution in [2.24, 2.45) is 5.84 Å². The van der Waals surface area contributed by atoms with E-state index in [1.807, 2.05) is 23.5 Å². The molecule has 1 heterocycles. The average Bonchev–Trinajstić information content (AvgIpc) is 2.93. The van der Waals surface area contributed by atoms with E-state index in [4.69, 9.17) is 17.4 Å². The van der Waals surface area contributed by atoms with Gasteiger partial charge in [0.2, 0.25) is 0 Å². The maximum atomic E-state index is 6.25. The van der Waals surface area contributed by atoms with Crippen molar-refractivity contribution in [1.82, 2.24) is 5.43 Å². The Kier molecular flexibility index (Phi) is 6.52. The summed E-state index contributed by atoms with van der Waals surface area (Å²) in [5.74, 6) is 5.66. The van der Waals surface area contributed by atoms with Gasteiger partial charge < -0.3 is 0 Å².